The van der Waals surface area contributed by atoms with Crippen LogP contribution in [0.4, 0.5) is 0 Å². The summed E-state index contributed by atoms with van der Waals surface area (Å²) in [6.45, 7) is 10.0. The first-order chi connectivity index (χ1) is 14.4. The molecular weight excluding hydrogens is 370 g/mol. The summed E-state index contributed by atoms with van der Waals surface area (Å²) in [5, 5.41) is 21.5. The lowest BCUT2D eigenvalue weighted by atomic mass is 9.51. The molecule has 2 aliphatic heterocycles. The number of rotatable bonds is 0. The van der Waals surface area contributed by atoms with Crippen LogP contribution in [0.15, 0.2) is 11.1 Å². The van der Waals surface area contributed by atoms with E-state index >= 15 is 0 Å². The normalized spacial score (nSPS) is 55.9. The molecule has 6 rings (SSSR count). The van der Waals surface area contributed by atoms with Crippen LogP contribution in [0.3, 0.4) is 0 Å². The fraction of sp³-hybridized carbons (Fsp3) is 0.926. The van der Waals surface area contributed by atoms with Crippen LogP contribution in [-0.4, -0.2) is 46.5 Å². The molecule has 3 nitrogen and oxygen atoms in total. The van der Waals surface area contributed by atoms with Crippen LogP contribution < -0.4 is 0 Å². The smallest absolute Gasteiger partial charge is 0.0577 e. The highest BCUT2D eigenvalue weighted by atomic mass is 16.3. The van der Waals surface area contributed by atoms with Crippen LogP contribution >= 0.6 is 0 Å². The summed E-state index contributed by atoms with van der Waals surface area (Å²) < 4.78 is 0. The topological polar surface area (TPSA) is 43.7 Å². The van der Waals surface area contributed by atoms with Gasteiger partial charge in [0.15, 0.2) is 0 Å². The minimum absolute atomic E-state index is 0.190. The molecule has 11 atom stereocenters. The quantitative estimate of drug-likeness (QED) is 0.569. The lowest BCUT2D eigenvalue weighted by Gasteiger charge is -2.55. The van der Waals surface area contributed by atoms with Gasteiger partial charge in [-0.3, -0.25) is 4.90 Å². The molecule has 3 heteroatoms. The number of piperidine rings is 1. The van der Waals surface area contributed by atoms with E-state index in [0.29, 0.717) is 11.8 Å². The first-order valence-corrected chi connectivity index (χ1v) is 13.2. The van der Waals surface area contributed by atoms with Crippen molar-refractivity contribution < 1.29 is 10.2 Å². The van der Waals surface area contributed by atoms with Crippen LogP contribution in [0.2, 0.25) is 0 Å². The summed E-state index contributed by atoms with van der Waals surface area (Å²) in [7, 11) is 0. The zero-order valence-corrected chi connectivity index (χ0v) is 19.4. The van der Waals surface area contributed by atoms with Crippen molar-refractivity contribution in [3.63, 3.8) is 0 Å². The SMILES string of the molecule is CC1CCC2C(C)C3=C(CN2C1)C1CC2C(CC(O)C4CC(O)CCC42C)C1CC3. The van der Waals surface area contributed by atoms with E-state index in [1.54, 1.807) is 0 Å². The summed E-state index contributed by atoms with van der Waals surface area (Å²) in [4.78, 5) is 2.86. The van der Waals surface area contributed by atoms with Crippen molar-refractivity contribution in [3.05, 3.63) is 11.1 Å². The Balaban J connectivity index is 1.32. The Morgan fingerprint density at radius 3 is 2.57 bits per heavy atom. The van der Waals surface area contributed by atoms with Gasteiger partial charge in [-0.2, -0.15) is 0 Å². The Labute approximate surface area is 183 Å². The maximum Gasteiger partial charge on any atom is 0.0577 e. The van der Waals surface area contributed by atoms with Gasteiger partial charge in [0.2, 0.25) is 0 Å². The number of hydrogen-bond acceptors (Lipinski definition) is 3. The van der Waals surface area contributed by atoms with Crippen LogP contribution in [0.1, 0.15) is 78.6 Å². The van der Waals surface area contributed by atoms with E-state index in [0.717, 1.165) is 61.3 Å². The van der Waals surface area contributed by atoms with Crippen molar-refractivity contribution in [2.45, 2.75) is 96.8 Å². The van der Waals surface area contributed by atoms with E-state index in [1.807, 2.05) is 11.1 Å². The van der Waals surface area contributed by atoms with Gasteiger partial charge in [-0.25, -0.2) is 0 Å². The minimum Gasteiger partial charge on any atom is -0.393 e. The van der Waals surface area contributed by atoms with E-state index in [-0.39, 0.29) is 17.6 Å². The Hall–Kier alpha value is -0.380. The summed E-state index contributed by atoms with van der Waals surface area (Å²) in [6, 6.07) is 0.795. The zero-order chi connectivity index (χ0) is 20.8. The molecule has 0 aromatic heterocycles. The van der Waals surface area contributed by atoms with E-state index in [9.17, 15) is 10.2 Å². The van der Waals surface area contributed by atoms with E-state index in [1.165, 1.54) is 45.2 Å². The molecule has 2 heterocycles. The van der Waals surface area contributed by atoms with Gasteiger partial charge in [-0.15, -0.1) is 0 Å². The molecule has 4 fully saturated rings. The number of hydrogen-bond donors (Lipinski definition) is 2. The Morgan fingerprint density at radius 1 is 0.900 bits per heavy atom. The standard InChI is InChI=1S/C27H43NO2/c1-15-4-7-25-16(2)18-5-6-19-20(22(18)14-28(25)13-15)11-23-21(19)12-26(30)24-10-17(29)8-9-27(23,24)3/h15-17,19-21,23-26,29-30H,4-14H2,1-3H3. The second-order valence-electron chi connectivity index (χ2n) is 12.7. The third kappa shape index (κ3) is 2.80. The van der Waals surface area contributed by atoms with Gasteiger partial charge in [-0.1, -0.05) is 31.9 Å². The molecule has 11 unspecified atom stereocenters. The third-order valence-electron chi connectivity index (χ3n) is 11.4. The number of nitrogens with zero attached hydrogens (tertiary/aromatic N) is 1. The van der Waals surface area contributed by atoms with Gasteiger partial charge in [0.1, 0.15) is 0 Å². The summed E-state index contributed by atoms with van der Waals surface area (Å²) in [5.74, 6) is 4.97. The van der Waals surface area contributed by atoms with Gasteiger partial charge in [0.05, 0.1) is 12.2 Å². The maximum atomic E-state index is 11.2. The van der Waals surface area contributed by atoms with Gasteiger partial charge < -0.3 is 10.2 Å². The molecule has 3 saturated carbocycles. The van der Waals surface area contributed by atoms with Gasteiger partial charge >= 0.3 is 0 Å². The van der Waals surface area contributed by atoms with E-state index < -0.39 is 0 Å². The molecule has 0 amide bonds. The number of fused-ring (bicyclic) bond motifs is 7. The van der Waals surface area contributed by atoms with Crippen molar-refractivity contribution >= 4 is 0 Å². The average Bonchev–Trinajstić information content (AvgIpc) is 3.09. The highest BCUT2D eigenvalue weighted by Gasteiger charge is 2.61. The highest BCUT2D eigenvalue weighted by molar-refractivity contribution is 5.32. The van der Waals surface area contributed by atoms with Crippen molar-refractivity contribution in [2.24, 2.45) is 46.8 Å². The lowest BCUT2D eigenvalue weighted by Crippen LogP contribution is -2.53. The zero-order valence-electron chi connectivity index (χ0n) is 19.4. The first-order valence-electron chi connectivity index (χ1n) is 13.2. The minimum atomic E-state index is -0.196. The van der Waals surface area contributed by atoms with E-state index in [4.69, 9.17) is 0 Å². The fourth-order valence-electron chi connectivity index (χ4n) is 9.90. The molecule has 0 aromatic carbocycles. The van der Waals surface area contributed by atoms with Crippen LogP contribution in [0.5, 0.6) is 0 Å². The highest BCUT2D eigenvalue weighted by Crippen LogP contribution is 2.66. The predicted octanol–water partition coefficient (Wildman–Crippen LogP) is 4.63. The molecule has 4 aliphatic carbocycles. The van der Waals surface area contributed by atoms with Crippen molar-refractivity contribution in [1.82, 2.24) is 4.90 Å². The molecule has 0 bridgehead atoms. The van der Waals surface area contributed by atoms with E-state index in [2.05, 4.69) is 25.7 Å². The lowest BCUT2D eigenvalue weighted by molar-refractivity contribution is -0.129. The molecule has 0 aromatic rings. The number of aliphatic hydroxyl groups excluding tert-OH is 2. The van der Waals surface area contributed by atoms with Crippen LogP contribution in [0, 0.1) is 46.8 Å². The molecule has 0 spiro atoms. The molecule has 0 radical (unpaired) electrons. The van der Waals surface area contributed by atoms with Crippen LogP contribution in [0.25, 0.3) is 0 Å². The summed E-state index contributed by atoms with van der Waals surface area (Å²) >= 11 is 0. The fourth-order valence-corrected chi connectivity index (χ4v) is 9.90. The Kier molecular flexibility index (Phi) is 4.76. The van der Waals surface area contributed by atoms with Crippen molar-refractivity contribution in [2.75, 3.05) is 13.1 Å². The monoisotopic (exact) mass is 413 g/mol. The molecule has 6 aliphatic rings. The molecule has 1 saturated heterocycles. The summed E-state index contributed by atoms with van der Waals surface area (Å²) in [5.41, 5.74) is 3.94. The second kappa shape index (κ2) is 7.06. The average molecular weight is 414 g/mol. The third-order valence-corrected chi connectivity index (χ3v) is 11.4. The van der Waals surface area contributed by atoms with Crippen molar-refractivity contribution in [3.8, 4) is 0 Å². The van der Waals surface area contributed by atoms with Crippen molar-refractivity contribution in [1.29, 1.82) is 0 Å². The first kappa shape index (κ1) is 20.2. The second-order valence-corrected chi connectivity index (χ2v) is 12.7. The van der Waals surface area contributed by atoms with Gasteiger partial charge in [0, 0.05) is 19.1 Å². The Bertz CT molecular complexity index is 732. The Morgan fingerprint density at radius 2 is 1.73 bits per heavy atom. The molecule has 168 valence electrons. The van der Waals surface area contributed by atoms with Crippen LogP contribution in [-0.2, 0) is 0 Å². The maximum absolute atomic E-state index is 11.2. The molecule has 30 heavy (non-hydrogen) atoms. The molecule has 2 N–H and O–H groups in total. The molecular formula is C27H43NO2. The van der Waals surface area contributed by atoms with Gasteiger partial charge in [0.25, 0.3) is 0 Å². The van der Waals surface area contributed by atoms with Gasteiger partial charge in [-0.05, 0) is 105 Å². The predicted molar refractivity (Wildman–Crippen MR) is 120 cm³/mol. The summed E-state index contributed by atoms with van der Waals surface area (Å²) in [6.07, 6.45) is 10.4. The number of aliphatic hydroxyl groups is 2. The largest absolute Gasteiger partial charge is 0.393 e.